The van der Waals surface area contributed by atoms with Crippen LogP contribution in [0.15, 0.2) is 84.9 Å². The molecule has 4 aromatic carbocycles. The maximum Gasteiger partial charge on any atom is 0.410 e. The molecule has 0 saturated carbocycles. The number of para-hydroxylation sites is 1. The third-order valence-corrected chi connectivity index (χ3v) is 7.79. The van der Waals surface area contributed by atoms with Gasteiger partial charge in [0.2, 0.25) is 0 Å². The maximum absolute atomic E-state index is 15.1. The highest BCUT2D eigenvalue weighted by Gasteiger charge is 2.35. The average molecular weight is 600 g/mol. The number of nitrogens with zero attached hydrogens (tertiary/aromatic N) is 1. The molecule has 0 aliphatic carbocycles. The van der Waals surface area contributed by atoms with Gasteiger partial charge in [-0.1, -0.05) is 66.7 Å². The van der Waals surface area contributed by atoms with Crippen molar-refractivity contribution in [2.24, 2.45) is 0 Å². The fourth-order valence-corrected chi connectivity index (χ4v) is 5.68. The summed E-state index contributed by atoms with van der Waals surface area (Å²) in [7, 11) is 1.25. The van der Waals surface area contributed by atoms with E-state index in [-0.39, 0.29) is 30.9 Å². The molecule has 1 aliphatic rings. The van der Waals surface area contributed by atoms with Crippen LogP contribution in [-0.4, -0.2) is 48.9 Å². The van der Waals surface area contributed by atoms with Crippen LogP contribution in [0.2, 0.25) is 0 Å². The van der Waals surface area contributed by atoms with Gasteiger partial charge in [0.15, 0.2) is 18.2 Å². The summed E-state index contributed by atoms with van der Waals surface area (Å²) in [5, 5.41) is 2.15. The van der Waals surface area contributed by atoms with Crippen LogP contribution < -0.4 is 9.47 Å². The molecule has 230 valence electrons. The van der Waals surface area contributed by atoms with E-state index in [1.165, 1.54) is 19.2 Å². The molecule has 0 aromatic heterocycles. The monoisotopic (exact) mass is 599 g/mol. The lowest BCUT2D eigenvalue weighted by Gasteiger charge is -2.38. The minimum absolute atomic E-state index is 0.0314. The number of esters is 1. The fourth-order valence-electron chi connectivity index (χ4n) is 5.68. The third kappa shape index (κ3) is 6.96. The molecule has 1 amide bonds. The molecule has 4 aromatic rings. The Bertz CT molecular complexity index is 1640. The van der Waals surface area contributed by atoms with Crippen molar-refractivity contribution in [3.8, 4) is 11.5 Å². The van der Waals surface area contributed by atoms with Crippen molar-refractivity contribution >= 4 is 22.8 Å². The molecule has 0 spiro atoms. The van der Waals surface area contributed by atoms with Crippen molar-refractivity contribution in [3.05, 3.63) is 107 Å². The number of benzene rings is 4. The molecule has 1 aliphatic heterocycles. The highest BCUT2D eigenvalue weighted by atomic mass is 19.1. The van der Waals surface area contributed by atoms with Gasteiger partial charge >= 0.3 is 12.1 Å². The first-order chi connectivity index (χ1) is 21.0. The summed E-state index contributed by atoms with van der Waals surface area (Å²) in [6, 6.07) is 26.3. The first-order valence-electron chi connectivity index (χ1n) is 14.8. The number of carbonyl (C=O) groups is 2. The number of fused-ring (bicyclic) bond motifs is 2. The Morgan fingerprint density at radius 3 is 2.48 bits per heavy atom. The molecule has 0 saturated heterocycles. The molecular formula is C36H38FNO6. The Morgan fingerprint density at radius 1 is 1.00 bits per heavy atom. The van der Waals surface area contributed by atoms with Crippen LogP contribution >= 0.6 is 0 Å². The molecule has 0 fully saturated rings. The summed E-state index contributed by atoms with van der Waals surface area (Å²) >= 11 is 0. The molecule has 1 heterocycles. The van der Waals surface area contributed by atoms with Gasteiger partial charge in [0.05, 0.1) is 19.7 Å². The average Bonchev–Trinajstić information content (AvgIpc) is 3.01. The van der Waals surface area contributed by atoms with Crippen LogP contribution in [0.3, 0.4) is 0 Å². The highest BCUT2D eigenvalue weighted by Crippen LogP contribution is 2.42. The number of hydrogen-bond donors (Lipinski definition) is 0. The summed E-state index contributed by atoms with van der Waals surface area (Å²) in [5.41, 5.74) is 1.98. The Balaban J connectivity index is 1.46. The minimum Gasteiger partial charge on any atom is -0.488 e. The van der Waals surface area contributed by atoms with Gasteiger partial charge in [-0.3, -0.25) is 4.90 Å². The number of rotatable bonds is 8. The quantitative estimate of drug-likeness (QED) is 0.192. The van der Waals surface area contributed by atoms with Gasteiger partial charge in [-0.25, -0.2) is 14.0 Å². The van der Waals surface area contributed by atoms with Gasteiger partial charge in [0.1, 0.15) is 17.5 Å². The van der Waals surface area contributed by atoms with Crippen molar-refractivity contribution in [1.82, 2.24) is 4.90 Å². The number of amides is 1. The topological polar surface area (TPSA) is 74.3 Å². The van der Waals surface area contributed by atoms with Crippen molar-refractivity contribution in [2.75, 3.05) is 20.3 Å². The van der Waals surface area contributed by atoms with Gasteiger partial charge in [-0.2, -0.15) is 0 Å². The lowest BCUT2D eigenvalue weighted by Crippen LogP contribution is -2.45. The van der Waals surface area contributed by atoms with E-state index in [9.17, 15) is 9.59 Å². The second kappa shape index (κ2) is 13.0. The van der Waals surface area contributed by atoms with E-state index in [1.54, 1.807) is 11.0 Å². The standard InChI is InChI=1S/C36H38FNO6/c1-23(27-15-10-12-24-11-6-7-13-28(24)27)38(35(40)44-36(2,3)4)21-26-20-30(29-14-8-9-16-32(29)43-26)25-17-18-33(31(37)19-25)42-22-34(39)41-5/h6-19,23,26,30H,20-22H2,1-5H3/t23-,26-,30?/m1/s1. The largest absolute Gasteiger partial charge is 0.488 e. The SMILES string of the molecule is COC(=O)COc1ccc(C2C[C@H](CN(C(=O)OC(C)(C)C)[C@H](C)c3cccc4ccccc34)Oc3ccccc32)cc1F. The van der Waals surface area contributed by atoms with Crippen LogP contribution in [0.25, 0.3) is 10.8 Å². The normalized spacial score (nSPS) is 16.8. The van der Waals surface area contributed by atoms with Gasteiger partial charge in [0, 0.05) is 11.5 Å². The van der Waals surface area contributed by atoms with Crippen molar-refractivity contribution < 1.29 is 32.9 Å². The summed E-state index contributed by atoms with van der Waals surface area (Å²) in [6.07, 6.45) is -0.339. The molecule has 8 heteroatoms. The number of ether oxygens (including phenoxy) is 4. The van der Waals surface area contributed by atoms with E-state index in [0.29, 0.717) is 12.2 Å². The van der Waals surface area contributed by atoms with E-state index < -0.39 is 29.6 Å². The van der Waals surface area contributed by atoms with E-state index in [4.69, 9.17) is 14.2 Å². The Hall–Kier alpha value is -4.59. The first kappa shape index (κ1) is 30.9. The minimum atomic E-state index is -0.689. The number of carbonyl (C=O) groups excluding carboxylic acids is 2. The molecule has 0 N–H and O–H groups in total. The Labute approximate surface area is 257 Å². The fraction of sp³-hybridized carbons (Fsp3) is 0.333. The van der Waals surface area contributed by atoms with Gasteiger partial charge < -0.3 is 18.9 Å². The van der Waals surface area contributed by atoms with E-state index in [2.05, 4.69) is 22.9 Å². The predicted octanol–water partition coefficient (Wildman–Crippen LogP) is 7.81. The summed E-state index contributed by atoms with van der Waals surface area (Å²) in [6.45, 7) is 7.42. The Kier molecular flexibility index (Phi) is 9.09. The van der Waals surface area contributed by atoms with Gasteiger partial charge in [0.25, 0.3) is 0 Å². The summed E-state index contributed by atoms with van der Waals surface area (Å²) in [5.74, 6) is -0.727. The molecule has 0 bridgehead atoms. The van der Waals surface area contributed by atoms with E-state index in [0.717, 1.165) is 27.5 Å². The third-order valence-electron chi connectivity index (χ3n) is 7.79. The molecule has 7 nitrogen and oxygen atoms in total. The molecule has 1 unspecified atom stereocenters. The predicted molar refractivity (Wildman–Crippen MR) is 167 cm³/mol. The molecular weight excluding hydrogens is 561 g/mol. The zero-order chi connectivity index (χ0) is 31.4. The zero-order valence-electron chi connectivity index (χ0n) is 25.7. The highest BCUT2D eigenvalue weighted by molar-refractivity contribution is 5.86. The second-order valence-corrected chi connectivity index (χ2v) is 12.0. The molecule has 44 heavy (non-hydrogen) atoms. The van der Waals surface area contributed by atoms with Crippen molar-refractivity contribution in [2.45, 2.75) is 57.8 Å². The first-order valence-corrected chi connectivity index (χ1v) is 14.8. The van der Waals surface area contributed by atoms with Crippen LogP contribution in [0.4, 0.5) is 9.18 Å². The van der Waals surface area contributed by atoms with Crippen LogP contribution in [0.1, 0.15) is 62.8 Å². The molecule has 5 rings (SSSR count). The zero-order valence-corrected chi connectivity index (χ0v) is 25.7. The van der Waals surface area contributed by atoms with Crippen LogP contribution in [0, 0.1) is 5.82 Å². The Morgan fingerprint density at radius 2 is 1.73 bits per heavy atom. The van der Waals surface area contributed by atoms with E-state index >= 15 is 4.39 Å². The van der Waals surface area contributed by atoms with Gasteiger partial charge in [-0.15, -0.1) is 0 Å². The van der Waals surface area contributed by atoms with Crippen molar-refractivity contribution in [1.29, 1.82) is 0 Å². The van der Waals surface area contributed by atoms with Gasteiger partial charge in [-0.05, 0) is 74.2 Å². The summed E-state index contributed by atoms with van der Waals surface area (Å²) < 4.78 is 37.4. The van der Waals surface area contributed by atoms with Crippen LogP contribution in [-0.2, 0) is 14.3 Å². The lowest BCUT2D eigenvalue weighted by atomic mass is 9.84. The molecule has 0 radical (unpaired) electrons. The number of halogens is 1. The number of hydrogen-bond acceptors (Lipinski definition) is 6. The van der Waals surface area contributed by atoms with Crippen LogP contribution in [0.5, 0.6) is 11.5 Å². The smallest absolute Gasteiger partial charge is 0.410 e. The number of methoxy groups -OCH3 is 1. The lowest BCUT2D eigenvalue weighted by molar-refractivity contribution is -0.142. The van der Waals surface area contributed by atoms with Crippen molar-refractivity contribution in [3.63, 3.8) is 0 Å². The summed E-state index contributed by atoms with van der Waals surface area (Å²) in [4.78, 5) is 27.0. The molecule has 3 atom stereocenters. The second-order valence-electron chi connectivity index (χ2n) is 12.0. The maximum atomic E-state index is 15.1. The van der Waals surface area contributed by atoms with E-state index in [1.807, 2.05) is 76.2 Å².